The van der Waals surface area contributed by atoms with Crippen LogP contribution >= 0.6 is 6.89 Å². The molecule has 0 amide bonds. The van der Waals surface area contributed by atoms with Crippen LogP contribution in [-0.4, -0.2) is 106 Å². The van der Waals surface area contributed by atoms with Crippen molar-refractivity contribution in [3.63, 3.8) is 0 Å². The second kappa shape index (κ2) is 40.4. The van der Waals surface area contributed by atoms with Gasteiger partial charge in [0.2, 0.25) is 0 Å². The Balaban J connectivity index is 0.000000124. The number of hydrogen-bond donors (Lipinski definition) is 3. The third kappa shape index (κ3) is 20.0. The highest BCUT2D eigenvalue weighted by Gasteiger charge is 2.53. The van der Waals surface area contributed by atoms with Crippen molar-refractivity contribution in [2.45, 2.75) is 215 Å². The number of esters is 5. The van der Waals surface area contributed by atoms with Gasteiger partial charge in [0.15, 0.2) is 11.6 Å². The number of carboxylic acids is 1. The lowest BCUT2D eigenvalue weighted by atomic mass is 9.75. The topological polar surface area (TPSA) is 303 Å². The lowest BCUT2D eigenvalue weighted by molar-refractivity contribution is -0.179. The second-order valence-electron chi connectivity index (χ2n) is 34.4. The molecule has 6 saturated carbocycles. The first-order valence-electron chi connectivity index (χ1n) is 43.7. The van der Waals surface area contributed by atoms with Crippen molar-refractivity contribution >= 4 is 82.3 Å². The Morgan fingerprint density at radius 1 is 0.405 bits per heavy atom. The molecule has 6 aliphatic heterocycles. The zero-order valence-corrected chi connectivity index (χ0v) is 71.8. The SMILES string of the molecule is C.C=P(c1ccccc1)(c1ccccc1)c1ccccc1.CC(=O)c1ccccc1C.N#CC1CCC2(CC1)OC(=O)c1ccccc12.O=C1CCC2(CC1)OC(=O)c1ccccc12.O=C1CCC2(CC1)OCCO2.O=C1OC2(CCC(C(=O)O)CC2)c2ccccc21.O=C1OC2(CCC(CO)CC2)c2ccccc21.O=C1OC2(CCC(O)CC2)c2ccccc21. The van der Waals surface area contributed by atoms with Crippen LogP contribution in [0.1, 0.15) is 264 Å². The fraction of sp³-hybridized carbons (Fsp3) is 0.381. The summed E-state index contributed by atoms with van der Waals surface area (Å²) in [6.07, 6.45) is 21.4. The average molecular weight is 1720 g/mol. The minimum atomic E-state index is -1.78. The zero-order chi connectivity index (χ0) is 88.0. The molecule has 656 valence electrons. The highest BCUT2D eigenvalue weighted by molar-refractivity contribution is 7.93. The monoisotopic (exact) mass is 1720 g/mol. The molecule has 126 heavy (non-hydrogen) atoms. The number of ether oxygens (including phenoxy) is 7. The van der Waals surface area contributed by atoms with Gasteiger partial charge < -0.3 is 48.5 Å². The number of fused-ring (bicyclic) bond motifs is 10. The molecular weight excluding hydrogens is 1610 g/mol. The molecule has 9 aromatic carbocycles. The molecule has 12 aliphatic rings. The fourth-order valence-electron chi connectivity index (χ4n) is 19.6. The molecule has 21 rings (SSSR count). The van der Waals surface area contributed by atoms with E-state index in [2.05, 4.69) is 97.1 Å². The van der Waals surface area contributed by atoms with E-state index in [0.29, 0.717) is 124 Å². The fourth-order valence-corrected chi connectivity index (χ4v) is 22.6. The number of rotatable bonds is 6. The smallest absolute Gasteiger partial charge is 0.339 e. The third-order valence-electron chi connectivity index (χ3n) is 26.8. The van der Waals surface area contributed by atoms with E-state index in [1.165, 1.54) is 15.9 Å². The van der Waals surface area contributed by atoms with Crippen LogP contribution in [0, 0.1) is 36.0 Å². The molecule has 1 saturated heterocycles. The van der Waals surface area contributed by atoms with Gasteiger partial charge in [-0.1, -0.05) is 220 Å². The van der Waals surface area contributed by atoms with E-state index in [9.17, 15) is 48.3 Å². The number of aliphatic hydroxyl groups excluding tert-OH is 2. The molecular formula is C105H112NO19P. The number of carboxylic acid groups (broad SMARTS) is 1. The van der Waals surface area contributed by atoms with Crippen LogP contribution in [0.4, 0.5) is 0 Å². The van der Waals surface area contributed by atoms with E-state index in [4.69, 9.17) is 54.9 Å². The van der Waals surface area contributed by atoms with Crippen molar-refractivity contribution in [1.29, 1.82) is 5.26 Å². The number of aryl methyl sites for hydroxylation is 1. The van der Waals surface area contributed by atoms with Crippen LogP contribution in [0.3, 0.4) is 0 Å². The summed E-state index contributed by atoms with van der Waals surface area (Å²) in [5, 5.41) is 40.6. The molecule has 0 atom stereocenters. The lowest BCUT2D eigenvalue weighted by Gasteiger charge is -2.35. The molecule has 20 nitrogen and oxygen atoms in total. The summed E-state index contributed by atoms with van der Waals surface area (Å²) in [4.78, 5) is 103. The zero-order valence-electron chi connectivity index (χ0n) is 70.9. The maximum atomic E-state index is 11.8. The molecule has 6 spiro atoms. The first kappa shape index (κ1) is 92.1. The number of ketones is 3. The molecule has 0 radical (unpaired) electrons. The molecule has 6 aliphatic carbocycles. The Morgan fingerprint density at radius 3 is 1.00 bits per heavy atom. The highest BCUT2D eigenvalue weighted by atomic mass is 31.2. The quantitative estimate of drug-likeness (QED) is 0.0603. The van der Waals surface area contributed by atoms with Gasteiger partial charge in [-0.15, -0.1) is 0 Å². The van der Waals surface area contributed by atoms with Gasteiger partial charge in [-0.2, -0.15) is 5.26 Å². The number of Topliss-reactive ketones (excluding diaryl/α,β-unsaturated/α-hetero) is 3. The van der Waals surface area contributed by atoms with Gasteiger partial charge in [0.05, 0.1) is 59.1 Å². The summed E-state index contributed by atoms with van der Waals surface area (Å²) >= 11 is 0. The van der Waals surface area contributed by atoms with E-state index in [1.807, 2.05) is 140 Å². The lowest BCUT2D eigenvalue weighted by Crippen LogP contribution is -2.35. The number of aliphatic hydroxyl groups is 2. The molecule has 7 fully saturated rings. The van der Waals surface area contributed by atoms with Crippen LogP contribution < -0.4 is 15.9 Å². The van der Waals surface area contributed by atoms with Gasteiger partial charge >= 0.3 is 35.8 Å². The Labute approximate surface area is 737 Å². The van der Waals surface area contributed by atoms with Gasteiger partial charge in [0.25, 0.3) is 0 Å². The summed E-state index contributed by atoms with van der Waals surface area (Å²) in [7, 11) is 0. The molecule has 3 N–H and O–H groups in total. The standard InChI is InChI=1S/C19H17P.C14H13NO2.C14H14O4.C14H16O3.C13H14O3.C13H12O3.C9H10O.C8H12O3.CH4/c1-20(17-11-5-2-6-12-17,18-13-7-3-8-14-18)19-15-9-4-10-16-19;15-9-10-5-7-14(8-6-10)12-4-2-1-3-11(12)13(16)17-14;15-12(16)9-5-7-14(8-6-9)11-4-2-1-3-10(11)13(17)18-14;15-9-10-5-7-14(8-6-10)12-4-2-1-3-11(12)13(16)17-14;2*14-9-5-7-13(8-6-9)11-4-2-1-3-10(11)12(15)16-13;1-7-5-3-4-6-9(7)8(2)10;9-7-1-3-8(4-2-7)10-5-6-11-8;/h2-16H,1H2;1-4,10H,5-8H2;1-4,9H,5-8H2,(H,15,16);1-4,10,15H,5-9H2;1-4,9,14H,5-8H2;1-4H,5-8H2;3-6H,1-2H3;1-6H2;1H4. The van der Waals surface area contributed by atoms with Crippen LogP contribution in [0.5, 0.6) is 0 Å². The Hall–Kier alpha value is -11.6. The maximum absolute atomic E-state index is 11.8. The van der Waals surface area contributed by atoms with Crippen LogP contribution in [0.25, 0.3) is 0 Å². The van der Waals surface area contributed by atoms with E-state index < -0.39 is 40.9 Å². The van der Waals surface area contributed by atoms with Crippen LogP contribution in [0.15, 0.2) is 237 Å². The van der Waals surface area contributed by atoms with E-state index in [-0.39, 0.29) is 79.2 Å². The summed E-state index contributed by atoms with van der Waals surface area (Å²) in [5.41, 5.74) is 7.85. The predicted molar refractivity (Wildman–Crippen MR) is 480 cm³/mol. The Morgan fingerprint density at radius 2 is 0.690 bits per heavy atom. The maximum Gasteiger partial charge on any atom is 0.339 e. The molecule has 0 aromatic heterocycles. The minimum Gasteiger partial charge on any atom is -0.481 e. The number of carbonyl (C=O) groups is 9. The normalized spacial score (nSPS) is 24.7. The van der Waals surface area contributed by atoms with E-state index >= 15 is 0 Å². The second-order valence-corrected chi connectivity index (χ2v) is 37.6. The molecule has 0 bridgehead atoms. The first-order chi connectivity index (χ1) is 60.4. The number of benzene rings is 9. The third-order valence-corrected chi connectivity index (χ3v) is 30.3. The molecule has 0 unspecified atom stereocenters. The van der Waals surface area contributed by atoms with Crippen molar-refractivity contribution in [2.24, 2.45) is 17.8 Å². The van der Waals surface area contributed by atoms with Gasteiger partial charge in [0, 0.05) is 84.4 Å². The van der Waals surface area contributed by atoms with Crippen LogP contribution in [-0.2, 0) is 75.5 Å². The summed E-state index contributed by atoms with van der Waals surface area (Å²) in [5.74, 6) is -1.33. The predicted octanol–water partition coefficient (Wildman–Crippen LogP) is 18.6. The number of nitrogens with zero attached hydrogens (tertiary/aromatic N) is 1. The van der Waals surface area contributed by atoms with Gasteiger partial charge in [0.1, 0.15) is 39.6 Å². The highest BCUT2D eigenvalue weighted by Crippen LogP contribution is 2.53. The van der Waals surface area contributed by atoms with Gasteiger partial charge in [-0.3, -0.25) is 19.2 Å². The number of aliphatic carboxylic acids is 1. The van der Waals surface area contributed by atoms with Gasteiger partial charge in [-0.25, -0.2) is 24.0 Å². The first-order valence-corrected chi connectivity index (χ1v) is 45.7. The summed E-state index contributed by atoms with van der Waals surface area (Å²) in [6, 6.07) is 79.6. The Kier molecular flexibility index (Phi) is 29.5. The van der Waals surface area contributed by atoms with Gasteiger partial charge in [-0.05, 0) is 194 Å². The molecule has 21 heteroatoms. The largest absolute Gasteiger partial charge is 0.481 e. The molecule has 6 heterocycles. The Bertz CT molecular complexity index is 5380. The number of carbonyl (C=O) groups excluding carboxylic acids is 8. The van der Waals surface area contributed by atoms with Crippen molar-refractivity contribution in [2.75, 3.05) is 19.8 Å². The average Bonchev–Trinajstić information content (AvgIpc) is 1.59. The van der Waals surface area contributed by atoms with Crippen LogP contribution in [0.2, 0.25) is 0 Å². The minimum absolute atomic E-state index is 0. The van der Waals surface area contributed by atoms with Crippen molar-refractivity contribution < 1.29 is 91.6 Å². The van der Waals surface area contributed by atoms with Crippen molar-refractivity contribution in [1.82, 2.24) is 0 Å². The van der Waals surface area contributed by atoms with E-state index in [1.54, 1.807) is 19.1 Å². The summed E-state index contributed by atoms with van der Waals surface area (Å²) in [6.45, 7) is 3.37. The van der Waals surface area contributed by atoms with E-state index in [0.717, 1.165) is 122 Å². The number of nitriles is 1. The molecule has 9 aromatic rings. The number of hydrogen-bond acceptors (Lipinski definition) is 19. The van der Waals surface area contributed by atoms with Crippen molar-refractivity contribution in [3.8, 4) is 6.07 Å². The van der Waals surface area contributed by atoms with Crippen molar-refractivity contribution in [3.05, 3.63) is 303 Å². The summed E-state index contributed by atoms with van der Waals surface area (Å²) < 4.78 is 38.8.